The van der Waals surface area contributed by atoms with Gasteiger partial charge in [-0.3, -0.25) is 0 Å². The lowest BCUT2D eigenvalue weighted by molar-refractivity contribution is 0.481. The standard InChI is InChI=1S/C14H9BrO/c15-12-7-8-14-11(9-12)6-5-10-3-1-2-4-13(10)16-14/h1-9H. The highest BCUT2D eigenvalue weighted by Crippen LogP contribution is 2.34. The fourth-order valence-electron chi connectivity index (χ4n) is 1.75. The highest BCUT2D eigenvalue weighted by molar-refractivity contribution is 9.10. The summed E-state index contributed by atoms with van der Waals surface area (Å²) < 4.78 is 6.93. The van der Waals surface area contributed by atoms with E-state index >= 15 is 0 Å². The molecule has 0 spiro atoms. The molecule has 0 bridgehead atoms. The molecule has 2 heteroatoms. The van der Waals surface area contributed by atoms with Crippen molar-refractivity contribution in [1.82, 2.24) is 0 Å². The van der Waals surface area contributed by atoms with Crippen molar-refractivity contribution in [2.24, 2.45) is 0 Å². The molecule has 1 nitrogen and oxygen atoms in total. The van der Waals surface area contributed by atoms with Crippen LogP contribution >= 0.6 is 15.9 Å². The smallest absolute Gasteiger partial charge is 0.134 e. The minimum Gasteiger partial charge on any atom is -0.456 e. The Labute approximate surface area is 103 Å². The van der Waals surface area contributed by atoms with Crippen molar-refractivity contribution < 1.29 is 4.74 Å². The second-order valence-corrected chi connectivity index (χ2v) is 4.57. The Balaban J connectivity index is 2.17. The average Bonchev–Trinajstić information content (AvgIpc) is 2.48. The zero-order valence-corrected chi connectivity index (χ0v) is 10.1. The van der Waals surface area contributed by atoms with E-state index in [1.807, 2.05) is 36.4 Å². The number of fused-ring (bicyclic) bond motifs is 2. The number of benzene rings is 2. The van der Waals surface area contributed by atoms with Crippen molar-refractivity contribution in [3.63, 3.8) is 0 Å². The van der Waals surface area contributed by atoms with Crippen molar-refractivity contribution in [1.29, 1.82) is 0 Å². The van der Waals surface area contributed by atoms with Crippen molar-refractivity contribution in [2.75, 3.05) is 0 Å². The average molecular weight is 273 g/mol. The summed E-state index contributed by atoms with van der Waals surface area (Å²) in [6.45, 7) is 0. The second-order valence-electron chi connectivity index (χ2n) is 3.66. The van der Waals surface area contributed by atoms with Crippen LogP contribution in [0.5, 0.6) is 11.5 Å². The van der Waals surface area contributed by atoms with Crippen LogP contribution in [0.15, 0.2) is 46.9 Å². The van der Waals surface area contributed by atoms with Gasteiger partial charge in [0.15, 0.2) is 0 Å². The monoisotopic (exact) mass is 272 g/mol. The van der Waals surface area contributed by atoms with Crippen molar-refractivity contribution in [3.05, 3.63) is 58.1 Å². The van der Waals surface area contributed by atoms with Gasteiger partial charge in [0.1, 0.15) is 11.5 Å². The largest absolute Gasteiger partial charge is 0.456 e. The Morgan fingerprint density at radius 2 is 1.56 bits per heavy atom. The normalized spacial score (nSPS) is 12.3. The van der Waals surface area contributed by atoms with E-state index in [4.69, 9.17) is 4.74 Å². The van der Waals surface area contributed by atoms with Gasteiger partial charge >= 0.3 is 0 Å². The molecule has 2 aromatic carbocycles. The first-order valence-electron chi connectivity index (χ1n) is 5.07. The van der Waals surface area contributed by atoms with Crippen molar-refractivity contribution >= 4 is 28.1 Å². The Kier molecular flexibility index (Phi) is 2.29. The lowest BCUT2D eigenvalue weighted by Gasteiger charge is -2.08. The van der Waals surface area contributed by atoms with Crippen LogP contribution in [0.1, 0.15) is 11.1 Å². The van der Waals surface area contributed by atoms with Crippen LogP contribution in [0.4, 0.5) is 0 Å². The van der Waals surface area contributed by atoms with E-state index in [0.29, 0.717) is 0 Å². The molecule has 0 aliphatic carbocycles. The molecule has 0 saturated heterocycles. The summed E-state index contributed by atoms with van der Waals surface area (Å²) >= 11 is 3.46. The zero-order valence-electron chi connectivity index (χ0n) is 8.48. The van der Waals surface area contributed by atoms with Crippen LogP contribution in [-0.2, 0) is 0 Å². The van der Waals surface area contributed by atoms with Crippen molar-refractivity contribution in [3.8, 4) is 11.5 Å². The first-order chi connectivity index (χ1) is 7.83. The summed E-state index contributed by atoms with van der Waals surface area (Å²) in [7, 11) is 0. The molecule has 0 unspecified atom stereocenters. The van der Waals surface area contributed by atoms with Crippen LogP contribution < -0.4 is 4.74 Å². The highest BCUT2D eigenvalue weighted by Gasteiger charge is 2.09. The SMILES string of the molecule is Brc1ccc2c(c1)C=Cc1ccccc1O2. The van der Waals surface area contributed by atoms with Crippen LogP contribution in [0.3, 0.4) is 0 Å². The molecule has 0 radical (unpaired) electrons. The Morgan fingerprint density at radius 1 is 0.812 bits per heavy atom. The number of ether oxygens (including phenoxy) is 1. The first-order valence-corrected chi connectivity index (χ1v) is 5.87. The zero-order chi connectivity index (χ0) is 11.0. The van der Waals surface area contributed by atoms with E-state index < -0.39 is 0 Å². The van der Waals surface area contributed by atoms with E-state index in [9.17, 15) is 0 Å². The summed E-state index contributed by atoms with van der Waals surface area (Å²) in [5.74, 6) is 1.80. The molecule has 0 N–H and O–H groups in total. The predicted molar refractivity (Wildman–Crippen MR) is 69.6 cm³/mol. The number of hydrogen-bond donors (Lipinski definition) is 0. The van der Waals surface area contributed by atoms with Gasteiger partial charge in [0.05, 0.1) is 0 Å². The van der Waals surface area contributed by atoms with E-state index in [2.05, 4.69) is 34.1 Å². The fraction of sp³-hybridized carbons (Fsp3) is 0. The first kappa shape index (κ1) is 9.67. The molecule has 2 aromatic rings. The maximum atomic E-state index is 5.87. The minimum atomic E-state index is 0.893. The molecule has 0 atom stereocenters. The minimum absolute atomic E-state index is 0.893. The number of para-hydroxylation sites is 1. The Morgan fingerprint density at radius 3 is 2.50 bits per heavy atom. The fourth-order valence-corrected chi connectivity index (χ4v) is 2.13. The van der Waals surface area contributed by atoms with Gasteiger partial charge in [0.2, 0.25) is 0 Å². The third kappa shape index (κ3) is 1.65. The molecule has 1 aliphatic heterocycles. The van der Waals surface area contributed by atoms with Gasteiger partial charge in [0, 0.05) is 15.6 Å². The van der Waals surface area contributed by atoms with Gasteiger partial charge in [0.25, 0.3) is 0 Å². The summed E-state index contributed by atoms with van der Waals surface area (Å²) in [5, 5.41) is 0. The molecular weight excluding hydrogens is 264 g/mol. The van der Waals surface area contributed by atoms with Gasteiger partial charge in [-0.15, -0.1) is 0 Å². The van der Waals surface area contributed by atoms with Crippen LogP contribution in [0.25, 0.3) is 12.2 Å². The van der Waals surface area contributed by atoms with E-state index in [-0.39, 0.29) is 0 Å². The lowest BCUT2D eigenvalue weighted by atomic mass is 10.1. The van der Waals surface area contributed by atoms with Gasteiger partial charge in [-0.25, -0.2) is 0 Å². The molecular formula is C14H9BrO. The number of hydrogen-bond acceptors (Lipinski definition) is 1. The van der Waals surface area contributed by atoms with Gasteiger partial charge < -0.3 is 4.74 Å². The van der Waals surface area contributed by atoms with Gasteiger partial charge in [-0.1, -0.05) is 46.3 Å². The molecule has 1 heterocycles. The third-order valence-corrected chi connectivity index (χ3v) is 3.05. The molecule has 0 amide bonds. The van der Waals surface area contributed by atoms with Gasteiger partial charge in [-0.2, -0.15) is 0 Å². The van der Waals surface area contributed by atoms with Crippen LogP contribution in [0, 0.1) is 0 Å². The lowest BCUT2D eigenvalue weighted by Crippen LogP contribution is -1.86. The quantitative estimate of drug-likeness (QED) is 0.575. The molecule has 0 saturated carbocycles. The predicted octanol–water partition coefficient (Wildman–Crippen LogP) is 4.73. The topological polar surface area (TPSA) is 9.23 Å². The van der Waals surface area contributed by atoms with E-state index in [0.717, 1.165) is 27.1 Å². The van der Waals surface area contributed by atoms with Crippen molar-refractivity contribution in [2.45, 2.75) is 0 Å². The molecule has 3 rings (SSSR count). The van der Waals surface area contributed by atoms with E-state index in [1.165, 1.54) is 0 Å². The molecule has 16 heavy (non-hydrogen) atoms. The summed E-state index contributed by atoms with van der Waals surface area (Å²) in [5.41, 5.74) is 2.19. The number of rotatable bonds is 0. The van der Waals surface area contributed by atoms with Crippen LogP contribution in [-0.4, -0.2) is 0 Å². The third-order valence-electron chi connectivity index (χ3n) is 2.55. The summed E-state index contributed by atoms with van der Waals surface area (Å²) in [4.78, 5) is 0. The second kappa shape index (κ2) is 3.80. The van der Waals surface area contributed by atoms with Gasteiger partial charge in [-0.05, 0) is 24.3 Å². The maximum absolute atomic E-state index is 5.87. The van der Waals surface area contributed by atoms with E-state index in [1.54, 1.807) is 0 Å². The Bertz CT molecular complexity index is 573. The van der Waals surface area contributed by atoms with Crippen LogP contribution in [0.2, 0.25) is 0 Å². The Hall–Kier alpha value is -1.54. The highest BCUT2D eigenvalue weighted by atomic mass is 79.9. The number of halogens is 1. The maximum Gasteiger partial charge on any atom is 0.134 e. The summed E-state index contributed by atoms with van der Waals surface area (Å²) in [6, 6.07) is 14.0. The molecule has 78 valence electrons. The molecule has 0 aromatic heterocycles. The molecule has 0 fully saturated rings. The molecule has 1 aliphatic rings. The summed E-state index contributed by atoms with van der Waals surface area (Å²) in [6.07, 6.45) is 4.15.